The molecule has 0 N–H and O–H groups in total. The Morgan fingerprint density at radius 3 is 2.89 bits per heavy atom. The van der Waals surface area contributed by atoms with E-state index in [1.807, 2.05) is 18.2 Å². The molecular formula is C13H12N2O4. The molecule has 0 saturated carbocycles. The molecule has 98 valence electrons. The number of nitrogens with zero attached hydrogens (tertiary/aromatic N) is 2. The van der Waals surface area contributed by atoms with E-state index in [1.165, 1.54) is 6.20 Å². The standard InChI is InChI=1S/C13H12N2O4/c16-13(19-9-6-17-8-18-7-9)11-5-14-15-12-4-2-1-3-10(11)12/h1-5,9H,6-8H2. The van der Waals surface area contributed by atoms with Gasteiger partial charge in [0.15, 0.2) is 0 Å². The maximum absolute atomic E-state index is 12.1. The number of hydrogen-bond acceptors (Lipinski definition) is 6. The Morgan fingerprint density at radius 1 is 1.26 bits per heavy atom. The lowest BCUT2D eigenvalue weighted by Gasteiger charge is -2.22. The van der Waals surface area contributed by atoms with E-state index in [0.29, 0.717) is 24.3 Å². The third-order valence-electron chi connectivity index (χ3n) is 2.81. The van der Waals surface area contributed by atoms with Crippen molar-refractivity contribution in [3.8, 4) is 0 Å². The van der Waals surface area contributed by atoms with Gasteiger partial charge in [-0.15, -0.1) is 0 Å². The van der Waals surface area contributed by atoms with Crippen molar-refractivity contribution in [1.29, 1.82) is 0 Å². The first kappa shape index (κ1) is 12.0. The molecule has 0 aliphatic carbocycles. The summed E-state index contributed by atoms with van der Waals surface area (Å²) in [6, 6.07) is 7.29. The largest absolute Gasteiger partial charge is 0.454 e. The number of hydrogen-bond donors (Lipinski definition) is 0. The van der Waals surface area contributed by atoms with E-state index in [9.17, 15) is 4.79 Å². The summed E-state index contributed by atoms with van der Waals surface area (Å²) in [5.74, 6) is -0.440. The quantitative estimate of drug-likeness (QED) is 0.755. The van der Waals surface area contributed by atoms with Crippen molar-refractivity contribution >= 4 is 16.9 Å². The molecule has 0 radical (unpaired) electrons. The number of carbonyl (C=O) groups excluding carboxylic acids is 1. The lowest BCUT2D eigenvalue weighted by atomic mass is 10.1. The highest BCUT2D eigenvalue weighted by atomic mass is 16.7. The van der Waals surface area contributed by atoms with E-state index in [0.717, 1.165) is 5.39 Å². The highest BCUT2D eigenvalue weighted by Gasteiger charge is 2.21. The summed E-state index contributed by atoms with van der Waals surface area (Å²) in [5, 5.41) is 8.50. The predicted octanol–water partition coefficient (Wildman–Crippen LogP) is 1.16. The van der Waals surface area contributed by atoms with Crippen LogP contribution in [0, 0.1) is 0 Å². The highest BCUT2D eigenvalue weighted by Crippen LogP contribution is 2.17. The molecule has 1 saturated heterocycles. The molecule has 2 aromatic rings. The molecule has 19 heavy (non-hydrogen) atoms. The van der Waals surface area contributed by atoms with Crippen LogP contribution in [0.3, 0.4) is 0 Å². The number of benzene rings is 1. The number of fused-ring (bicyclic) bond motifs is 1. The molecule has 1 fully saturated rings. The maximum atomic E-state index is 12.1. The Morgan fingerprint density at radius 2 is 2.05 bits per heavy atom. The van der Waals surface area contributed by atoms with Gasteiger partial charge in [-0.3, -0.25) is 0 Å². The molecular weight excluding hydrogens is 248 g/mol. The van der Waals surface area contributed by atoms with Gasteiger partial charge in [-0.05, 0) is 6.07 Å². The van der Waals surface area contributed by atoms with E-state index in [1.54, 1.807) is 6.07 Å². The van der Waals surface area contributed by atoms with Crippen molar-refractivity contribution in [2.75, 3.05) is 20.0 Å². The molecule has 0 unspecified atom stereocenters. The topological polar surface area (TPSA) is 70.5 Å². The van der Waals surface area contributed by atoms with Gasteiger partial charge in [-0.1, -0.05) is 18.2 Å². The molecule has 6 nitrogen and oxygen atoms in total. The van der Waals surface area contributed by atoms with E-state index in [2.05, 4.69) is 10.2 Å². The summed E-state index contributed by atoms with van der Waals surface area (Å²) < 4.78 is 15.5. The van der Waals surface area contributed by atoms with Crippen molar-refractivity contribution < 1.29 is 19.0 Å². The maximum Gasteiger partial charge on any atom is 0.340 e. The lowest BCUT2D eigenvalue weighted by Crippen LogP contribution is -2.33. The van der Waals surface area contributed by atoms with Crippen molar-refractivity contribution in [2.45, 2.75) is 6.10 Å². The van der Waals surface area contributed by atoms with Crippen LogP contribution in [0.5, 0.6) is 0 Å². The Hall–Kier alpha value is -2.05. The smallest absolute Gasteiger partial charge is 0.340 e. The van der Waals surface area contributed by atoms with Crippen LogP contribution >= 0.6 is 0 Å². The van der Waals surface area contributed by atoms with Gasteiger partial charge >= 0.3 is 5.97 Å². The number of ether oxygens (including phenoxy) is 3. The van der Waals surface area contributed by atoms with Gasteiger partial charge in [0.25, 0.3) is 0 Å². The number of aromatic nitrogens is 2. The molecule has 0 spiro atoms. The predicted molar refractivity (Wildman–Crippen MR) is 65.5 cm³/mol. The number of carbonyl (C=O) groups is 1. The molecule has 6 heteroatoms. The summed E-state index contributed by atoms with van der Waals surface area (Å²) in [5.41, 5.74) is 1.06. The first-order valence-electron chi connectivity index (χ1n) is 5.91. The Balaban J connectivity index is 1.85. The fourth-order valence-electron chi connectivity index (χ4n) is 1.92. The van der Waals surface area contributed by atoms with E-state index >= 15 is 0 Å². The van der Waals surface area contributed by atoms with Crippen LogP contribution in [0.1, 0.15) is 10.4 Å². The second-order valence-corrected chi connectivity index (χ2v) is 4.16. The first-order chi connectivity index (χ1) is 9.34. The van der Waals surface area contributed by atoms with E-state index < -0.39 is 5.97 Å². The zero-order chi connectivity index (χ0) is 13.1. The average molecular weight is 260 g/mol. The van der Waals surface area contributed by atoms with Gasteiger partial charge in [-0.2, -0.15) is 10.2 Å². The highest BCUT2D eigenvalue weighted by molar-refractivity contribution is 6.02. The van der Waals surface area contributed by atoms with Crippen molar-refractivity contribution in [3.05, 3.63) is 36.0 Å². The van der Waals surface area contributed by atoms with Gasteiger partial charge in [0.2, 0.25) is 0 Å². The minimum Gasteiger partial charge on any atom is -0.454 e. The Labute approximate surface area is 109 Å². The Bertz CT molecular complexity index is 591. The zero-order valence-corrected chi connectivity index (χ0v) is 10.1. The van der Waals surface area contributed by atoms with Crippen molar-refractivity contribution in [3.63, 3.8) is 0 Å². The van der Waals surface area contributed by atoms with Gasteiger partial charge in [0.1, 0.15) is 12.9 Å². The summed E-state index contributed by atoms with van der Waals surface area (Å²) in [6.45, 7) is 0.943. The first-order valence-corrected chi connectivity index (χ1v) is 5.91. The second-order valence-electron chi connectivity index (χ2n) is 4.16. The Kier molecular flexibility index (Phi) is 3.35. The van der Waals surface area contributed by atoms with Gasteiger partial charge in [0, 0.05) is 5.39 Å². The fourth-order valence-corrected chi connectivity index (χ4v) is 1.92. The fraction of sp³-hybridized carbons (Fsp3) is 0.308. The van der Waals surface area contributed by atoms with Gasteiger partial charge in [0.05, 0.1) is 30.5 Å². The van der Waals surface area contributed by atoms with Crippen molar-refractivity contribution in [1.82, 2.24) is 10.2 Å². The van der Waals surface area contributed by atoms with Crippen LogP contribution in [0.2, 0.25) is 0 Å². The van der Waals surface area contributed by atoms with Gasteiger partial charge in [-0.25, -0.2) is 4.79 Å². The lowest BCUT2D eigenvalue weighted by molar-refractivity contribution is -0.153. The summed E-state index contributed by atoms with van der Waals surface area (Å²) in [6.07, 6.45) is 1.03. The van der Waals surface area contributed by atoms with E-state index in [4.69, 9.17) is 14.2 Å². The second kappa shape index (κ2) is 5.29. The molecule has 1 aromatic heterocycles. The zero-order valence-electron chi connectivity index (χ0n) is 10.1. The molecule has 3 rings (SSSR count). The number of rotatable bonds is 2. The minimum atomic E-state index is -0.440. The average Bonchev–Trinajstić information content (AvgIpc) is 2.47. The molecule has 1 aliphatic rings. The SMILES string of the molecule is O=C(OC1COCOC1)c1cnnc2ccccc12. The third kappa shape index (κ3) is 2.54. The van der Waals surface area contributed by atoms with Crippen LogP contribution in [0.25, 0.3) is 10.9 Å². The minimum absolute atomic E-state index is 0.244. The molecule has 0 atom stereocenters. The van der Waals surface area contributed by atoms with Crippen LogP contribution < -0.4 is 0 Å². The van der Waals surface area contributed by atoms with Gasteiger partial charge < -0.3 is 14.2 Å². The van der Waals surface area contributed by atoms with Crippen LogP contribution in [-0.2, 0) is 14.2 Å². The van der Waals surface area contributed by atoms with Crippen molar-refractivity contribution in [2.24, 2.45) is 0 Å². The van der Waals surface area contributed by atoms with E-state index in [-0.39, 0.29) is 12.9 Å². The molecule has 0 amide bonds. The summed E-state index contributed by atoms with van der Waals surface area (Å²) in [4.78, 5) is 12.1. The molecule has 1 aromatic carbocycles. The monoisotopic (exact) mass is 260 g/mol. The summed E-state index contributed by atoms with van der Waals surface area (Å²) in [7, 11) is 0. The molecule has 2 heterocycles. The van der Waals surface area contributed by atoms with Crippen LogP contribution in [0.4, 0.5) is 0 Å². The van der Waals surface area contributed by atoms with Crippen LogP contribution in [0.15, 0.2) is 30.5 Å². The normalized spacial score (nSPS) is 16.4. The number of esters is 1. The molecule has 1 aliphatic heterocycles. The third-order valence-corrected chi connectivity index (χ3v) is 2.81. The summed E-state index contributed by atoms with van der Waals surface area (Å²) >= 11 is 0. The molecule has 0 bridgehead atoms. The van der Waals surface area contributed by atoms with Crippen LogP contribution in [-0.4, -0.2) is 42.3 Å².